The Balaban J connectivity index is 1.68. The molecule has 0 fully saturated rings. The molecule has 2 aromatic carbocycles. The van der Waals surface area contributed by atoms with Crippen molar-refractivity contribution >= 4 is 22.6 Å². The lowest BCUT2D eigenvalue weighted by Gasteiger charge is -2.22. The van der Waals surface area contributed by atoms with Crippen LogP contribution in [-0.2, 0) is 11.3 Å². The molecule has 0 radical (unpaired) electrons. The van der Waals surface area contributed by atoms with Crippen LogP contribution in [-0.4, -0.2) is 22.8 Å². The molecule has 138 valence electrons. The average Bonchev–Trinajstić information content (AvgIpc) is 2.70. The van der Waals surface area contributed by atoms with Gasteiger partial charge in [0.1, 0.15) is 6.04 Å². The van der Waals surface area contributed by atoms with Gasteiger partial charge >= 0.3 is 0 Å². The number of pyridine rings is 1. The molecule has 0 aliphatic heterocycles. The molecule has 0 unspecified atom stereocenters. The van der Waals surface area contributed by atoms with Gasteiger partial charge in [-0.1, -0.05) is 50.2 Å². The Kier molecular flexibility index (Phi) is 5.81. The minimum Gasteiger partial charge on any atom is -0.350 e. The molecule has 1 atom stereocenters. The van der Waals surface area contributed by atoms with Crippen molar-refractivity contribution in [3.05, 3.63) is 78.1 Å². The van der Waals surface area contributed by atoms with Gasteiger partial charge in [-0.05, 0) is 40.5 Å². The Morgan fingerprint density at radius 3 is 2.48 bits per heavy atom. The fourth-order valence-corrected chi connectivity index (χ4v) is 2.89. The van der Waals surface area contributed by atoms with Gasteiger partial charge in [0.25, 0.3) is 5.91 Å². The van der Waals surface area contributed by atoms with E-state index in [4.69, 9.17) is 0 Å². The van der Waals surface area contributed by atoms with Crippen molar-refractivity contribution in [2.24, 2.45) is 5.92 Å². The fraction of sp³-hybridized carbons (Fsp3) is 0.227. The van der Waals surface area contributed by atoms with Crippen LogP contribution in [0, 0.1) is 5.92 Å². The summed E-state index contributed by atoms with van der Waals surface area (Å²) < 4.78 is 0. The number of hydrogen-bond donors (Lipinski definition) is 2. The lowest BCUT2D eigenvalue weighted by Crippen LogP contribution is -2.49. The van der Waals surface area contributed by atoms with E-state index >= 15 is 0 Å². The van der Waals surface area contributed by atoms with E-state index in [1.807, 2.05) is 62.4 Å². The Labute approximate surface area is 158 Å². The second-order valence-electron chi connectivity index (χ2n) is 6.84. The lowest BCUT2D eigenvalue weighted by molar-refractivity contribution is -0.124. The van der Waals surface area contributed by atoms with Crippen molar-refractivity contribution in [3.8, 4) is 0 Å². The first kappa shape index (κ1) is 18.6. The Hall–Kier alpha value is -3.21. The first-order valence-corrected chi connectivity index (χ1v) is 9.01. The van der Waals surface area contributed by atoms with Crippen LogP contribution in [0.5, 0.6) is 0 Å². The summed E-state index contributed by atoms with van der Waals surface area (Å²) in [5.74, 6) is -0.498. The fourth-order valence-electron chi connectivity index (χ4n) is 2.89. The van der Waals surface area contributed by atoms with Gasteiger partial charge in [0.05, 0.1) is 0 Å². The molecule has 0 saturated carbocycles. The molecule has 1 heterocycles. The maximum atomic E-state index is 12.7. The van der Waals surface area contributed by atoms with Crippen molar-refractivity contribution in [1.29, 1.82) is 0 Å². The third-order valence-corrected chi connectivity index (χ3v) is 4.44. The quantitative estimate of drug-likeness (QED) is 0.708. The van der Waals surface area contributed by atoms with Gasteiger partial charge in [0.2, 0.25) is 5.91 Å². The van der Waals surface area contributed by atoms with Gasteiger partial charge in [0, 0.05) is 24.5 Å². The number of hydrogen-bond acceptors (Lipinski definition) is 3. The van der Waals surface area contributed by atoms with Crippen molar-refractivity contribution in [2.75, 3.05) is 0 Å². The van der Waals surface area contributed by atoms with E-state index < -0.39 is 6.04 Å². The number of benzene rings is 2. The summed E-state index contributed by atoms with van der Waals surface area (Å²) in [5.41, 5.74) is 1.45. The molecule has 0 bridgehead atoms. The van der Waals surface area contributed by atoms with Crippen LogP contribution in [0.1, 0.15) is 29.8 Å². The molecule has 2 N–H and O–H groups in total. The SMILES string of the molecule is CC(C)[C@H](NC(=O)c1ccc2ccccc2c1)C(=O)NCc1cccnc1. The molecule has 5 nitrogen and oxygen atoms in total. The summed E-state index contributed by atoms with van der Waals surface area (Å²) in [6.07, 6.45) is 3.39. The van der Waals surface area contributed by atoms with Crippen LogP contribution in [0.2, 0.25) is 0 Å². The molecule has 3 rings (SSSR count). The molecular weight excluding hydrogens is 338 g/mol. The number of carbonyl (C=O) groups is 2. The molecule has 5 heteroatoms. The molecular formula is C22H23N3O2. The second-order valence-corrected chi connectivity index (χ2v) is 6.84. The number of nitrogens with zero attached hydrogens (tertiary/aromatic N) is 1. The first-order valence-electron chi connectivity index (χ1n) is 9.01. The molecule has 1 aromatic heterocycles. The number of aromatic nitrogens is 1. The highest BCUT2D eigenvalue weighted by Gasteiger charge is 2.24. The smallest absolute Gasteiger partial charge is 0.251 e. The van der Waals surface area contributed by atoms with Gasteiger partial charge < -0.3 is 10.6 Å². The van der Waals surface area contributed by atoms with Gasteiger partial charge in [0.15, 0.2) is 0 Å². The predicted molar refractivity (Wildman–Crippen MR) is 106 cm³/mol. The number of carbonyl (C=O) groups excluding carboxylic acids is 2. The molecule has 0 spiro atoms. The molecule has 0 aliphatic carbocycles. The highest BCUT2D eigenvalue weighted by molar-refractivity contribution is 6.00. The molecule has 0 aliphatic rings. The summed E-state index contributed by atoms with van der Waals surface area (Å²) in [6, 6.07) is 16.5. The maximum Gasteiger partial charge on any atom is 0.251 e. The normalized spacial score (nSPS) is 12.0. The molecule has 3 aromatic rings. The maximum absolute atomic E-state index is 12.7. The van der Waals surface area contributed by atoms with Gasteiger partial charge in [-0.25, -0.2) is 0 Å². The van der Waals surface area contributed by atoms with Crippen LogP contribution in [0.15, 0.2) is 67.0 Å². The van der Waals surface area contributed by atoms with Gasteiger partial charge in [-0.3, -0.25) is 14.6 Å². The zero-order valence-electron chi connectivity index (χ0n) is 15.5. The third kappa shape index (κ3) is 4.70. The van der Waals surface area contributed by atoms with Crippen LogP contribution in [0.4, 0.5) is 0 Å². The van der Waals surface area contributed by atoms with Crippen molar-refractivity contribution in [2.45, 2.75) is 26.4 Å². The van der Waals surface area contributed by atoms with E-state index in [1.54, 1.807) is 18.5 Å². The van der Waals surface area contributed by atoms with Gasteiger partial charge in [-0.2, -0.15) is 0 Å². The number of rotatable bonds is 6. The number of nitrogens with one attached hydrogen (secondary N) is 2. The zero-order valence-corrected chi connectivity index (χ0v) is 15.5. The summed E-state index contributed by atoms with van der Waals surface area (Å²) in [7, 11) is 0. The van der Waals surface area contributed by atoms with E-state index in [1.165, 1.54) is 0 Å². The summed E-state index contributed by atoms with van der Waals surface area (Å²) in [5, 5.41) is 7.81. The van der Waals surface area contributed by atoms with Crippen LogP contribution < -0.4 is 10.6 Å². The van der Waals surface area contributed by atoms with E-state index in [2.05, 4.69) is 15.6 Å². The van der Waals surface area contributed by atoms with Gasteiger partial charge in [-0.15, -0.1) is 0 Å². The molecule has 0 saturated heterocycles. The monoisotopic (exact) mass is 361 g/mol. The molecule has 27 heavy (non-hydrogen) atoms. The summed E-state index contributed by atoms with van der Waals surface area (Å²) in [4.78, 5) is 29.3. The zero-order chi connectivity index (χ0) is 19.2. The average molecular weight is 361 g/mol. The van der Waals surface area contributed by atoms with E-state index in [9.17, 15) is 9.59 Å². The third-order valence-electron chi connectivity index (χ3n) is 4.44. The minimum atomic E-state index is -0.611. The number of fused-ring (bicyclic) bond motifs is 1. The Morgan fingerprint density at radius 2 is 1.78 bits per heavy atom. The summed E-state index contributed by atoms with van der Waals surface area (Å²) >= 11 is 0. The largest absolute Gasteiger partial charge is 0.350 e. The standard InChI is InChI=1S/C22H23N3O2/c1-15(2)20(22(27)24-14-16-6-5-11-23-13-16)25-21(26)19-10-9-17-7-3-4-8-18(17)12-19/h3-13,15,20H,14H2,1-2H3,(H,24,27)(H,25,26)/t20-/m0/s1. The van der Waals surface area contributed by atoms with E-state index in [-0.39, 0.29) is 17.7 Å². The Bertz CT molecular complexity index is 938. The topological polar surface area (TPSA) is 71.1 Å². The number of amides is 2. The van der Waals surface area contributed by atoms with Crippen LogP contribution in [0.3, 0.4) is 0 Å². The second kappa shape index (κ2) is 8.45. The first-order chi connectivity index (χ1) is 13.0. The van der Waals surface area contributed by atoms with Crippen molar-refractivity contribution in [1.82, 2.24) is 15.6 Å². The summed E-state index contributed by atoms with van der Waals surface area (Å²) in [6.45, 7) is 4.20. The van der Waals surface area contributed by atoms with Crippen molar-refractivity contribution < 1.29 is 9.59 Å². The minimum absolute atomic E-state index is 0.0386. The van der Waals surface area contributed by atoms with Crippen molar-refractivity contribution in [3.63, 3.8) is 0 Å². The van der Waals surface area contributed by atoms with E-state index in [0.29, 0.717) is 12.1 Å². The molecule has 2 amide bonds. The van der Waals surface area contributed by atoms with E-state index in [0.717, 1.165) is 16.3 Å². The van der Waals surface area contributed by atoms with Crippen LogP contribution >= 0.6 is 0 Å². The highest BCUT2D eigenvalue weighted by atomic mass is 16.2. The Morgan fingerprint density at radius 1 is 1.00 bits per heavy atom. The van der Waals surface area contributed by atoms with Crippen LogP contribution in [0.25, 0.3) is 10.8 Å². The lowest BCUT2D eigenvalue weighted by atomic mass is 10.0. The predicted octanol–water partition coefficient (Wildman–Crippen LogP) is 3.31. The highest BCUT2D eigenvalue weighted by Crippen LogP contribution is 2.16.